The van der Waals surface area contributed by atoms with Gasteiger partial charge >= 0.3 is 0 Å². The average Bonchev–Trinajstić information content (AvgIpc) is 2.76. The summed E-state index contributed by atoms with van der Waals surface area (Å²) in [6.07, 6.45) is 1.78. The Kier molecular flexibility index (Phi) is 7.69. The first-order valence-electron chi connectivity index (χ1n) is 9.83. The lowest BCUT2D eigenvalue weighted by Gasteiger charge is -2.26. The van der Waals surface area contributed by atoms with Crippen LogP contribution in [0.2, 0.25) is 10.0 Å². The minimum atomic E-state index is -3.66. The van der Waals surface area contributed by atoms with Crippen molar-refractivity contribution in [3.05, 3.63) is 46.4 Å². The van der Waals surface area contributed by atoms with Gasteiger partial charge in [-0.3, -0.25) is 4.79 Å². The Morgan fingerprint density at radius 2 is 1.74 bits per heavy atom. The number of piperidine rings is 1. The van der Waals surface area contributed by atoms with Crippen LogP contribution in [0.3, 0.4) is 0 Å². The van der Waals surface area contributed by atoms with E-state index in [0.717, 1.165) is 19.3 Å². The van der Waals surface area contributed by atoms with E-state index in [9.17, 15) is 13.2 Å². The molecule has 0 spiro atoms. The normalized spacial score (nSPS) is 15.9. The molecule has 0 aromatic heterocycles. The van der Waals surface area contributed by atoms with Gasteiger partial charge in [0.2, 0.25) is 10.0 Å². The summed E-state index contributed by atoms with van der Waals surface area (Å²) in [6.45, 7) is 2.53. The van der Waals surface area contributed by atoms with Gasteiger partial charge in [0, 0.05) is 18.1 Å². The molecule has 1 fully saturated rings. The molecule has 2 aromatic carbocycles. The van der Waals surface area contributed by atoms with E-state index in [1.807, 2.05) is 0 Å². The van der Waals surface area contributed by atoms with E-state index in [4.69, 9.17) is 32.7 Å². The van der Waals surface area contributed by atoms with Gasteiger partial charge in [-0.1, -0.05) is 29.6 Å². The van der Waals surface area contributed by atoms with E-state index in [0.29, 0.717) is 29.6 Å². The van der Waals surface area contributed by atoms with Crippen LogP contribution in [-0.2, 0) is 14.8 Å². The van der Waals surface area contributed by atoms with Crippen molar-refractivity contribution < 1.29 is 22.7 Å². The number of amides is 1. The number of sulfonamides is 1. The van der Waals surface area contributed by atoms with Gasteiger partial charge in [0.15, 0.2) is 6.10 Å². The fraction of sp³-hybridized carbons (Fsp3) is 0.381. The third kappa shape index (κ3) is 5.63. The lowest BCUT2D eigenvalue weighted by atomic mass is 10.2. The minimum absolute atomic E-state index is 0.0971. The third-order valence-corrected chi connectivity index (χ3v) is 7.37. The molecule has 1 amide bonds. The Labute approximate surface area is 192 Å². The summed E-state index contributed by atoms with van der Waals surface area (Å²) in [4.78, 5) is 12.8. The highest BCUT2D eigenvalue weighted by atomic mass is 35.5. The van der Waals surface area contributed by atoms with Crippen molar-refractivity contribution in [2.75, 3.05) is 25.5 Å². The fourth-order valence-electron chi connectivity index (χ4n) is 3.25. The Balaban J connectivity index is 1.79. The average molecular weight is 487 g/mol. The van der Waals surface area contributed by atoms with Crippen molar-refractivity contribution in [1.82, 2.24) is 4.31 Å². The number of benzene rings is 2. The van der Waals surface area contributed by atoms with Crippen molar-refractivity contribution in [3.8, 4) is 11.5 Å². The number of hydrogen-bond donors (Lipinski definition) is 1. The Hall–Kier alpha value is -2.00. The number of halogens is 2. The Morgan fingerprint density at radius 1 is 1.06 bits per heavy atom. The summed E-state index contributed by atoms with van der Waals surface area (Å²) in [7, 11) is -2.22. The number of anilines is 1. The lowest BCUT2D eigenvalue weighted by molar-refractivity contribution is -0.122. The first-order chi connectivity index (χ1) is 14.7. The number of nitrogens with one attached hydrogen (secondary N) is 1. The summed E-state index contributed by atoms with van der Waals surface area (Å²) in [5.74, 6) is 0.154. The van der Waals surface area contributed by atoms with Crippen LogP contribution in [-0.4, -0.2) is 44.9 Å². The molecule has 10 heteroatoms. The second kappa shape index (κ2) is 10.1. The number of ether oxygens (including phenoxy) is 2. The SMILES string of the molecule is COc1ccc(S(=O)(=O)N2CCCCC2)cc1NC(=O)C(C)Oc1ccc(Cl)cc1Cl. The predicted octanol–water partition coefficient (Wildman–Crippen LogP) is 4.58. The Bertz CT molecular complexity index is 1060. The molecule has 0 saturated carbocycles. The number of hydrogen-bond acceptors (Lipinski definition) is 5. The van der Waals surface area contributed by atoms with E-state index in [1.165, 1.54) is 35.7 Å². The molecular weight excluding hydrogens is 463 g/mol. The summed E-state index contributed by atoms with van der Waals surface area (Å²) in [5, 5.41) is 3.41. The van der Waals surface area contributed by atoms with Crippen LogP contribution in [0.25, 0.3) is 0 Å². The van der Waals surface area contributed by atoms with E-state index >= 15 is 0 Å². The maximum Gasteiger partial charge on any atom is 0.265 e. The molecule has 1 aliphatic heterocycles. The molecular formula is C21H24Cl2N2O5S. The molecule has 2 aromatic rings. The van der Waals surface area contributed by atoms with Gasteiger partial charge < -0.3 is 14.8 Å². The third-order valence-electron chi connectivity index (χ3n) is 4.95. The van der Waals surface area contributed by atoms with Crippen LogP contribution in [0, 0.1) is 0 Å². The van der Waals surface area contributed by atoms with Gasteiger partial charge in [0.25, 0.3) is 5.91 Å². The maximum atomic E-state index is 13.0. The van der Waals surface area contributed by atoms with Gasteiger partial charge in [-0.2, -0.15) is 4.31 Å². The number of carbonyl (C=O) groups is 1. The molecule has 0 aliphatic carbocycles. The second-order valence-corrected chi connectivity index (χ2v) is 9.93. The van der Waals surface area contributed by atoms with Crippen LogP contribution in [0.1, 0.15) is 26.2 Å². The van der Waals surface area contributed by atoms with Crippen molar-refractivity contribution >= 4 is 44.8 Å². The van der Waals surface area contributed by atoms with Gasteiger partial charge in [-0.25, -0.2) is 8.42 Å². The number of rotatable bonds is 7. The lowest BCUT2D eigenvalue weighted by Crippen LogP contribution is -2.35. The smallest absolute Gasteiger partial charge is 0.265 e. The van der Waals surface area contributed by atoms with E-state index in [1.54, 1.807) is 19.1 Å². The first kappa shape index (κ1) is 23.7. The van der Waals surface area contributed by atoms with Gasteiger partial charge in [0.1, 0.15) is 11.5 Å². The van der Waals surface area contributed by atoms with Crippen LogP contribution >= 0.6 is 23.2 Å². The van der Waals surface area contributed by atoms with Crippen molar-refractivity contribution in [1.29, 1.82) is 0 Å². The Morgan fingerprint density at radius 3 is 2.39 bits per heavy atom. The number of carbonyl (C=O) groups excluding carboxylic acids is 1. The molecule has 1 aliphatic rings. The molecule has 1 atom stereocenters. The molecule has 168 valence electrons. The number of methoxy groups -OCH3 is 1. The quantitative estimate of drug-likeness (QED) is 0.618. The zero-order valence-corrected chi connectivity index (χ0v) is 19.6. The molecule has 1 unspecified atom stereocenters. The first-order valence-corrected chi connectivity index (χ1v) is 12.0. The van der Waals surface area contributed by atoms with E-state index in [-0.39, 0.29) is 15.6 Å². The van der Waals surface area contributed by atoms with Crippen molar-refractivity contribution in [2.24, 2.45) is 0 Å². The second-order valence-electron chi connectivity index (χ2n) is 7.15. The highest BCUT2D eigenvalue weighted by Crippen LogP contribution is 2.31. The highest BCUT2D eigenvalue weighted by Gasteiger charge is 2.27. The molecule has 0 radical (unpaired) electrons. The van der Waals surface area contributed by atoms with Crippen LogP contribution in [0.4, 0.5) is 5.69 Å². The molecule has 1 saturated heterocycles. The van der Waals surface area contributed by atoms with Crippen LogP contribution in [0.5, 0.6) is 11.5 Å². The molecule has 31 heavy (non-hydrogen) atoms. The standard InChI is InChI=1S/C21H24Cl2N2O5S/c1-14(30-19-8-6-15(22)12-17(19)23)21(26)24-18-13-16(7-9-20(18)29-2)31(27,28)25-10-4-3-5-11-25/h6-9,12-14H,3-5,10-11H2,1-2H3,(H,24,26). The maximum absolute atomic E-state index is 13.0. The zero-order chi connectivity index (χ0) is 22.6. The van der Waals surface area contributed by atoms with Crippen LogP contribution in [0.15, 0.2) is 41.3 Å². The summed E-state index contributed by atoms with van der Waals surface area (Å²) < 4.78 is 38.4. The zero-order valence-electron chi connectivity index (χ0n) is 17.2. The topological polar surface area (TPSA) is 84.9 Å². The summed E-state index contributed by atoms with van der Waals surface area (Å²) >= 11 is 12.0. The molecule has 3 rings (SSSR count). The monoisotopic (exact) mass is 486 g/mol. The van der Waals surface area contributed by atoms with Gasteiger partial charge in [-0.15, -0.1) is 0 Å². The fourth-order valence-corrected chi connectivity index (χ4v) is 5.25. The van der Waals surface area contributed by atoms with Gasteiger partial charge in [0.05, 0.1) is 22.7 Å². The highest BCUT2D eigenvalue weighted by molar-refractivity contribution is 7.89. The van der Waals surface area contributed by atoms with Crippen molar-refractivity contribution in [2.45, 2.75) is 37.2 Å². The predicted molar refractivity (Wildman–Crippen MR) is 121 cm³/mol. The summed E-state index contributed by atoms with van der Waals surface area (Å²) in [6, 6.07) is 9.09. The van der Waals surface area contributed by atoms with E-state index < -0.39 is 22.0 Å². The molecule has 1 N–H and O–H groups in total. The molecule has 1 heterocycles. The van der Waals surface area contributed by atoms with Crippen LogP contribution < -0.4 is 14.8 Å². The number of nitrogens with zero attached hydrogens (tertiary/aromatic N) is 1. The molecule has 0 bridgehead atoms. The van der Waals surface area contributed by atoms with Gasteiger partial charge in [-0.05, 0) is 56.2 Å². The minimum Gasteiger partial charge on any atom is -0.495 e. The van der Waals surface area contributed by atoms with Crippen molar-refractivity contribution in [3.63, 3.8) is 0 Å². The largest absolute Gasteiger partial charge is 0.495 e. The molecule has 7 nitrogen and oxygen atoms in total. The van der Waals surface area contributed by atoms with E-state index in [2.05, 4.69) is 5.32 Å². The summed E-state index contributed by atoms with van der Waals surface area (Å²) in [5.41, 5.74) is 0.239.